The Labute approximate surface area is 181 Å². The van der Waals surface area contributed by atoms with E-state index in [1.807, 2.05) is 4.90 Å². The number of hydrogen-bond donors (Lipinski definition) is 1. The fourth-order valence-electron chi connectivity index (χ4n) is 4.09. The van der Waals surface area contributed by atoms with E-state index in [1.165, 1.54) is 31.2 Å². The summed E-state index contributed by atoms with van der Waals surface area (Å²) in [5, 5.41) is 13.6. The molecule has 7 nitrogen and oxygen atoms in total. The molecule has 10 heteroatoms. The van der Waals surface area contributed by atoms with E-state index in [4.69, 9.17) is 4.74 Å². The molecule has 2 aromatic carbocycles. The molecular formula is C22H20F3N3O4. The Morgan fingerprint density at radius 1 is 1.22 bits per heavy atom. The van der Waals surface area contributed by atoms with Crippen molar-refractivity contribution < 1.29 is 27.6 Å². The molecule has 0 aromatic heterocycles. The van der Waals surface area contributed by atoms with Crippen LogP contribution in [0.1, 0.15) is 29.5 Å². The van der Waals surface area contributed by atoms with Crippen LogP contribution < -0.4 is 5.32 Å². The predicted molar refractivity (Wildman–Crippen MR) is 111 cm³/mol. The van der Waals surface area contributed by atoms with Gasteiger partial charge in [-0.3, -0.25) is 14.9 Å². The third-order valence-corrected chi connectivity index (χ3v) is 5.63. The van der Waals surface area contributed by atoms with Gasteiger partial charge in [-0.1, -0.05) is 6.07 Å². The highest BCUT2D eigenvalue weighted by Gasteiger charge is 2.36. The van der Waals surface area contributed by atoms with Crippen LogP contribution in [0.15, 0.2) is 48.0 Å². The molecule has 32 heavy (non-hydrogen) atoms. The molecule has 0 radical (unpaired) electrons. The number of carbonyl (C=O) groups excluding carboxylic acids is 1. The highest BCUT2D eigenvalue weighted by Crippen LogP contribution is 2.38. The van der Waals surface area contributed by atoms with Crippen molar-refractivity contribution in [3.05, 3.63) is 74.8 Å². The van der Waals surface area contributed by atoms with Gasteiger partial charge in [0.2, 0.25) is 0 Å². The maximum Gasteiger partial charge on any atom is 0.416 e. The maximum absolute atomic E-state index is 13.3. The molecule has 1 unspecified atom stereocenters. The van der Waals surface area contributed by atoms with E-state index in [-0.39, 0.29) is 23.2 Å². The number of fused-ring (bicyclic) bond motifs is 1. The lowest BCUT2D eigenvalue weighted by molar-refractivity contribution is -0.384. The number of ether oxygens (including phenoxy) is 1. The van der Waals surface area contributed by atoms with E-state index in [0.29, 0.717) is 42.8 Å². The summed E-state index contributed by atoms with van der Waals surface area (Å²) in [6.07, 6.45) is -3.83. The second-order valence-electron chi connectivity index (χ2n) is 7.67. The van der Waals surface area contributed by atoms with Gasteiger partial charge in [0.15, 0.2) is 0 Å². The summed E-state index contributed by atoms with van der Waals surface area (Å²) in [7, 11) is 0. The summed E-state index contributed by atoms with van der Waals surface area (Å²) in [6, 6.07) is 9.50. The molecule has 4 rings (SSSR count). The van der Waals surface area contributed by atoms with Crippen molar-refractivity contribution >= 4 is 23.0 Å². The van der Waals surface area contributed by atoms with E-state index >= 15 is 0 Å². The van der Waals surface area contributed by atoms with Crippen LogP contribution in [-0.4, -0.2) is 35.1 Å². The largest absolute Gasteiger partial charge is 0.416 e. The van der Waals surface area contributed by atoms with Gasteiger partial charge in [0.25, 0.3) is 11.6 Å². The highest BCUT2D eigenvalue weighted by molar-refractivity contribution is 6.09. The molecule has 168 valence electrons. The second-order valence-corrected chi connectivity index (χ2v) is 7.67. The maximum atomic E-state index is 13.3. The van der Waals surface area contributed by atoms with Crippen LogP contribution in [0.3, 0.4) is 0 Å². The van der Waals surface area contributed by atoms with Gasteiger partial charge >= 0.3 is 6.18 Å². The normalized spacial score (nSPS) is 18.5. The van der Waals surface area contributed by atoms with E-state index in [0.717, 1.165) is 6.07 Å². The Hall–Kier alpha value is -3.40. The van der Waals surface area contributed by atoms with Crippen molar-refractivity contribution in [2.75, 3.05) is 18.5 Å². The van der Waals surface area contributed by atoms with Crippen molar-refractivity contribution in [3.8, 4) is 0 Å². The van der Waals surface area contributed by atoms with Crippen molar-refractivity contribution in [2.45, 2.75) is 32.2 Å². The quantitative estimate of drug-likeness (QED) is 0.541. The summed E-state index contributed by atoms with van der Waals surface area (Å²) < 4.78 is 45.5. The number of nitro benzene ring substituents is 1. The van der Waals surface area contributed by atoms with Crippen LogP contribution >= 0.6 is 0 Å². The molecule has 0 aliphatic carbocycles. The van der Waals surface area contributed by atoms with Gasteiger partial charge in [0, 0.05) is 29.9 Å². The Balaban J connectivity index is 1.71. The Kier molecular flexibility index (Phi) is 5.64. The summed E-state index contributed by atoms with van der Waals surface area (Å²) in [4.78, 5) is 25.5. The lowest BCUT2D eigenvalue weighted by Crippen LogP contribution is -2.35. The first-order chi connectivity index (χ1) is 15.1. The number of halogens is 3. The summed E-state index contributed by atoms with van der Waals surface area (Å²) >= 11 is 0. The number of nitrogens with one attached hydrogen (secondary N) is 1. The molecule has 2 aromatic rings. The summed E-state index contributed by atoms with van der Waals surface area (Å²) in [5.41, 5.74) is 0.806. The molecule has 1 N–H and O–H groups in total. The van der Waals surface area contributed by atoms with Gasteiger partial charge in [-0.05, 0) is 55.2 Å². The average Bonchev–Trinajstić information content (AvgIpc) is 3.22. The molecule has 2 aliphatic heterocycles. The lowest BCUT2D eigenvalue weighted by Gasteiger charge is -2.34. The zero-order valence-electron chi connectivity index (χ0n) is 17.1. The highest BCUT2D eigenvalue weighted by atomic mass is 19.4. The van der Waals surface area contributed by atoms with Crippen molar-refractivity contribution in [1.82, 2.24) is 4.90 Å². The summed E-state index contributed by atoms with van der Waals surface area (Å²) in [6.45, 7) is 2.37. The van der Waals surface area contributed by atoms with Crippen molar-refractivity contribution in [3.63, 3.8) is 0 Å². The van der Waals surface area contributed by atoms with Gasteiger partial charge in [0.1, 0.15) is 6.23 Å². The van der Waals surface area contributed by atoms with Crippen LogP contribution in [0.2, 0.25) is 0 Å². The zero-order valence-corrected chi connectivity index (χ0v) is 17.1. The van der Waals surface area contributed by atoms with Crippen LogP contribution in [0.4, 0.5) is 24.5 Å². The number of aryl methyl sites for hydroxylation is 1. The number of benzene rings is 2. The first kappa shape index (κ1) is 21.8. The fourth-order valence-corrected chi connectivity index (χ4v) is 4.09. The van der Waals surface area contributed by atoms with Gasteiger partial charge in [-0.25, -0.2) is 0 Å². The number of carbonyl (C=O) groups is 1. The second kappa shape index (κ2) is 8.27. The van der Waals surface area contributed by atoms with Crippen LogP contribution in [-0.2, 0) is 15.7 Å². The molecule has 0 spiro atoms. The number of amides is 1. The molecular weight excluding hydrogens is 427 g/mol. The molecule has 1 fully saturated rings. The van der Waals surface area contributed by atoms with E-state index in [2.05, 4.69) is 5.32 Å². The molecule has 1 saturated heterocycles. The van der Waals surface area contributed by atoms with Gasteiger partial charge < -0.3 is 15.0 Å². The minimum Gasteiger partial charge on any atom is -0.357 e. The fraction of sp³-hybridized carbons (Fsp3) is 0.318. The minimum atomic E-state index is -4.53. The van der Waals surface area contributed by atoms with Crippen molar-refractivity contribution in [1.29, 1.82) is 0 Å². The predicted octanol–water partition coefficient (Wildman–Crippen LogP) is 4.72. The average molecular weight is 447 g/mol. The van der Waals surface area contributed by atoms with Gasteiger partial charge in [-0.2, -0.15) is 13.2 Å². The van der Waals surface area contributed by atoms with E-state index in [9.17, 15) is 28.1 Å². The van der Waals surface area contributed by atoms with Crippen LogP contribution in [0.25, 0.3) is 5.70 Å². The SMILES string of the molecule is Cc1ccc(NC(=O)C2=C(c3ccc([N+](=O)[O-])cc3)N3CCOC3CC2)cc1C(F)(F)F. The lowest BCUT2D eigenvalue weighted by atomic mass is 9.95. The topological polar surface area (TPSA) is 84.7 Å². The first-order valence-corrected chi connectivity index (χ1v) is 10.0. The number of anilines is 1. The molecule has 0 saturated carbocycles. The third kappa shape index (κ3) is 4.18. The number of alkyl halides is 3. The van der Waals surface area contributed by atoms with E-state index < -0.39 is 22.6 Å². The third-order valence-electron chi connectivity index (χ3n) is 5.63. The van der Waals surface area contributed by atoms with Crippen molar-refractivity contribution in [2.24, 2.45) is 0 Å². The van der Waals surface area contributed by atoms with Crippen LogP contribution in [0.5, 0.6) is 0 Å². The van der Waals surface area contributed by atoms with Gasteiger partial charge in [0.05, 0.1) is 22.8 Å². The minimum absolute atomic E-state index is 0.0447. The number of nitro groups is 1. The zero-order chi connectivity index (χ0) is 23.0. The van der Waals surface area contributed by atoms with Gasteiger partial charge in [-0.15, -0.1) is 0 Å². The van der Waals surface area contributed by atoms with Crippen LogP contribution in [0, 0.1) is 17.0 Å². The Morgan fingerprint density at radius 3 is 2.59 bits per heavy atom. The number of non-ortho nitro benzene ring substituents is 1. The smallest absolute Gasteiger partial charge is 0.357 e. The standard InChI is InChI=1S/C22H20F3N3O4/c1-13-2-5-15(12-18(13)22(23,24)25)26-21(29)17-8-9-19-27(10-11-32-19)20(17)14-3-6-16(7-4-14)28(30)31/h2-7,12,19H,8-11H2,1H3,(H,26,29). The molecule has 1 amide bonds. The summed E-state index contributed by atoms with van der Waals surface area (Å²) in [5.74, 6) is -0.513. The monoisotopic (exact) mass is 447 g/mol. The molecule has 2 aliphatic rings. The molecule has 1 atom stereocenters. The molecule has 0 bridgehead atoms. The van der Waals surface area contributed by atoms with E-state index in [1.54, 1.807) is 12.1 Å². The number of rotatable bonds is 4. The first-order valence-electron chi connectivity index (χ1n) is 10.0. The Bertz CT molecular complexity index is 1100. The molecule has 2 heterocycles. The Morgan fingerprint density at radius 2 is 1.94 bits per heavy atom. The number of nitrogens with zero attached hydrogens (tertiary/aromatic N) is 2. The number of hydrogen-bond acceptors (Lipinski definition) is 5.